The van der Waals surface area contributed by atoms with Gasteiger partial charge in [0.2, 0.25) is 0 Å². The van der Waals surface area contributed by atoms with Crippen LogP contribution in [0.2, 0.25) is 0 Å². The van der Waals surface area contributed by atoms with Crippen molar-refractivity contribution in [1.82, 2.24) is 5.32 Å². The van der Waals surface area contributed by atoms with Crippen molar-refractivity contribution in [2.24, 2.45) is 0 Å². The number of benzene rings is 2. The number of carbonyl (C=O) groups is 1. The van der Waals surface area contributed by atoms with Gasteiger partial charge in [-0.2, -0.15) is 0 Å². The van der Waals surface area contributed by atoms with E-state index in [1.807, 2.05) is 24.3 Å². The van der Waals surface area contributed by atoms with E-state index in [1.165, 1.54) is 11.6 Å². The van der Waals surface area contributed by atoms with Crippen molar-refractivity contribution >= 4 is 5.78 Å². The third-order valence-electron chi connectivity index (χ3n) is 3.81. The molecule has 1 atom stereocenters. The van der Waals surface area contributed by atoms with Gasteiger partial charge in [0.15, 0.2) is 5.78 Å². The summed E-state index contributed by atoms with van der Waals surface area (Å²) in [5.41, 5.74) is 2.46. The SMILES string of the molecule is CC(NCc1ccccc1F)C(=O)c1ccc(C(C)C)cc1. The molecule has 116 valence electrons. The fourth-order valence-electron chi connectivity index (χ4n) is 2.28. The largest absolute Gasteiger partial charge is 0.303 e. The molecule has 0 heterocycles. The fraction of sp³-hybridized carbons (Fsp3) is 0.316. The van der Waals surface area contributed by atoms with Gasteiger partial charge in [-0.1, -0.05) is 56.3 Å². The van der Waals surface area contributed by atoms with Crippen LogP contribution < -0.4 is 5.32 Å². The third kappa shape index (κ3) is 4.01. The van der Waals surface area contributed by atoms with E-state index in [0.29, 0.717) is 23.6 Å². The van der Waals surface area contributed by atoms with Gasteiger partial charge in [0.1, 0.15) is 5.82 Å². The summed E-state index contributed by atoms with van der Waals surface area (Å²) in [5.74, 6) is 0.211. The standard InChI is InChI=1S/C19H22FNO/c1-13(2)15-8-10-16(11-9-15)19(22)14(3)21-12-17-6-4-5-7-18(17)20/h4-11,13-14,21H,12H2,1-3H3. The minimum atomic E-state index is -0.357. The van der Waals surface area contributed by atoms with Gasteiger partial charge in [-0.15, -0.1) is 0 Å². The first-order valence-electron chi connectivity index (χ1n) is 7.60. The summed E-state index contributed by atoms with van der Waals surface area (Å²) >= 11 is 0. The maximum Gasteiger partial charge on any atom is 0.179 e. The summed E-state index contributed by atoms with van der Waals surface area (Å²) in [5, 5.41) is 3.09. The number of rotatable bonds is 6. The van der Waals surface area contributed by atoms with E-state index in [-0.39, 0.29) is 17.6 Å². The molecule has 0 spiro atoms. The van der Waals surface area contributed by atoms with Gasteiger partial charge >= 0.3 is 0 Å². The van der Waals surface area contributed by atoms with Crippen LogP contribution >= 0.6 is 0 Å². The van der Waals surface area contributed by atoms with Crippen LogP contribution in [0.5, 0.6) is 0 Å². The summed E-state index contributed by atoms with van der Waals surface area (Å²) in [6.45, 7) is 6.38. The van der Waals surface area contributed by atoms with Gasteiger partial charge in [0.05, 0.1) is 6.04 Å². The van der Waals surface area contributed by atoms with E-state index in [0.717, 1.165) is 0 Å². The summed E-state index contributed by atoms with van der Waals surface area (Å²) in [7, 11) is 0. The van der Waals surface area contributed by atoms with Crippen LogP contribution in [0.15, 0.2) is 48.5 Å². The van der Waals surface area contributed by atoms with Crippen molar-refractivity contribution in [3.63, 3.8) is 0 Å². The Balaban J connectivity index is 1.98. The molecule has 0 amide bonds. The number of ketones is 1. The van der Waals surface area contributed by atoms with E-state index >= 15 is 0 Å². The highest BCUT2D eigenvalue weighted by Gasteiger charge is 2.15. The fourth-order valence-corrected chi connectivity index (χ4v) is 2.28. The lowest BCUT2D eigenvalue weighted by atomic mass is 9.98. The predicted octanol–water partition coefficient (Wildman–Crippen LogP) is 4.31. The molecule has 1 unspecified atom stereocenters. The molecule has 0 saturated heterocycles. The van der Waals surface area contributed by atoms with Gasteiger partial charge in [0.25, 0.3) is 0 Å². The van der Waals surface area contributed by atoms with E-state index in [1.54, 1.807) is 25.1 Å². The van der Waals surface area contributed by atoms with Crippen molar-refractivity contribution < 1.29 is 9.18 Å². The molecule has 0 bridgehead atoms. The Bertz CT molecular complexity index is 634. The first kappa shape index (κ1) is 16.4. The molecule has 0 saturated carbocycles. The molecule has 2 rings (SSSR count). The van der Waals surface area contributed by atoms with Gasteiger partial charge in [-0.3, -0.25) is 4.79 Å². The van der Waals surface area contributed by atoms with Crippen LogP contribution in [0.1, 0.15) is 48.2 Å². The zero-order valence-corrected chi connectivity index (χ0v) is 13.3. The molecule has 1 N–H and O–H groups in total. The number of carbonyl (C=O) groups excluding carboxylic acids is 1. The van der Waals surface area contributed by atoms with Crippen LogP contribution in [0, 0.1) is 5.82 Å². The Hall–Kier alpha value is -2.00. The lowest BCUT2D eigenvalue weighted by molar-refractivity contribution is 0.0950. The summed E-state index contributed by atoms with van der Waals surface area (Å²) in [6, 6.07) is 13.9. The highest BCUT2D eigenvalue weighted by molar-refractivity contribution is 5.99. The second kappa shape index (κ2) is 7.32. The van der Waals surface area contributed by atoms with Gasteiger partial charge in [0, 0.05) is 17.7 Å². The second-order valence-electron chi connectivity index (χ2n) is 5.83. The zero-order valence-electron chi connectivity index (χ0n) is 13.3. The first-order chi connectivity index (χ1) is 10.5. The quantitative estimate of drug-likeness (QED) is 0.805. The maximum absolute atomic E-state index is 13.6. The topological polar surface area (TPSA) is 29.1 Å². The van der Waals surface area contributed by atoms with Crippen LogP contribution in [-0.2, 0) is 6.54 Å². The Kier molecular flexibility index (Phi) is 5.45. The molecule has 0 aromatic heterocycles. The van der Waals surface area contributed by atoms with Gasteiger partial charge in [-0.05, 0) is 24.5 Å². The van der Waals surface area contributed by atoms with Crippen molar-refractivity contribution in [1.29, 1.82) is 0 Å². The number of hydrogen-bond acceptors (Lipinski definition) is 2. The molecule has 0 aliphatic carbocycles. The van der Waals surface area contributed by atoms with Crippen LogP contribution in [0.25, 0.3) is 0 Å². The normalized spacial score (nSPS) is 12.4. The average molecular weight is 299 g/mol. The number of Topliss-reactive ketones (excluding diaryl/α,β-unsaturated/α-hetero) is 1. The van der Waals surface area contributed by atoms with E-state index in [4.69, 9.17) is 0 Å². The molecule has 0 fully saturated rings. The lowest BCUT2D eigenvalue weighted by Crippen LogP contribution is -2.33. The molecule has 0 radical (unpaired) electrons. The molecule has 2 aromatic carbocycles. The molecular weight excluding hydrogens is 277 g/mol. The average Bonchev–Trinajstić information content (AvgIpc) is 2.53. The number of hydrogen-bond donors (Lipinski definition) is 1. The Morgan fingerprint density at radius 1 is 1.05 bits per heavy atom. The number of halogens is 1. The summed E-state index contributed by atoms with van der Waals surface area (Å²) < 4.78 is 13.6. The molecule has 2 aromatic rings. The molecule has 22 heavy (non-hydrogen) atoms. The molecule has 3 heteroatoms. The zero-order chi connectivity index (χ0) is 16.1. The van der Waals surface area contributed by atoms with E-state index in [9.17, 15) is 9.18 Å². The first-order valence-corrected chi connectivity index (χ1v) is 7.60. The van der Waals surface area contributed by atoms with Crippen LogP contribution in [0.3, 0.4) is 0 Å². The summed E-state index contributed by atoms with van der Waals surface area (Å²) in [4.78, 5) is 12.4. The van der Waals surface area contributed by atoms with Crippen LogP contribution in [0.4, 0.5) is 4.39 Å². The monoisotopic (exact) mass is 299 g/mol. The molecular formula is C19H22FNO. The highest BCUT2D eigenvalue weighted by atomic mass is 19.1. The predicted molar refractivity (Wildman–Crippen MR) is 87.6 cm³/mol. The Morgan fingerprint density at radius 3 is 2.27 bits per heavy atom. The highest BCUT2D eigenvalue weighted by Crippen LogP contribution is 2.15. The van der Waals surface area contributed by atoms with Gasteiger partial charge in [-0.25, -0.2) is 4.39 Å². The van der Waals surface area contributed by atoms with Crippen LogP contribution in [-0.4, -0.2) is 11.8 Å². The maximum atomic E-state index is 13.6. The van der Waals surface area contributed by atoms with Crippen molar-refractivity contribution in [3.8, 4) is 0 Å². The third-order valence-corrected chi connectivity index (χ3v) is 3.81. The lowest BCUT2D eigenvalue weighted by Gasteiger charge is -2.14. The van der Waals surface area contributed by atoms with Crippen molar-refractivity contribution in [3.05, 3.63) is 71.0 Å². The summed E-state index contributed by atoms with van der Waals surface area (Å²) in [6.07, 6.45) is 0. The van der Waals surface area contributed by atoms with Crippen molar-refractivity contribution in [2.45, 2.75) is 39.3 Å². The Labute approximate surface area is 131 Å². The smallest absolute Gasteiger partial charge is 0.179 e. The minimum Gasteiger partial charge on any atom is -0.303 e. The van der Waals surface area contributed by atoms with Crippen molar-refractivity contribution in [2.75, 3.05) is 0 Å². The number of nitrogens with one attached hydrogen (secondary N) is 1. The Morgan fingerprint density at radius 2 is 1.68 bits per heavy atom. The molecule has 0 aliphatic heterocycles. The minimum absolute atomic E-state index is 0.0200. The van der Waals surface area contributed by atoms with Gasteiger partial charge < -0.3 is 5.32 Å². The molecule has 0 aliphatic rings. The van der Waals surface area contributed by atoms with E-state index in [2.05, 4.69) is 19.2 Å². The second-order valence-corrected chi connectivity index (χ2v) is 5.83. The van der Waals surface area contributed by atoms with E-state index < -0.39 is 0 Å². The molecule has 2 nitrogen and oxygen atoms in total.